The van der Waals surface area contributed by atoms with Crippen LogP contribution in [0.25, 0.3) is 0 Å². The standard InChI is InChI=1S/C14H15F3N6O2/c15-14(16,17)9-3-4-10-20-21-11(22(10)7-9)6-18-12(24)8-23-13(25)2-1-5-19-23/h1-2,5,9H,3-4,6-8H2,(H,18,24)/t9-/m0/s1. The Kier molecular flexibility index (Phi) is 4.55. The minimum absolute atomic E-state index is 0.0173. The van der Waals surface area contributed by atoms with Crippen LogP contribution in [0, 0.1) is 5.92 Å². The van der Waals surface area contributed by atoms with Crippen LogP contribution in [0.3, 0.4) is 0 Å². The lowest BCUT2D eigenvalue weighted by Gasteiger charge is -2.26. The quantitative estimate of drug-likeness (QED) is 0.849. The highest BCUT2D eigenvalue weighted by molar-refractivity contribution is 5.75. The molecular formula is C14H15F3N6O2. The lowest BCUT2D eigenvalue weighted by Crippen LogP contribution is -2.35. The van der Waals surface area contributed by atoms with Gasteiger partial charge < -0.3 is 9.88 Å². The van der Waals surface area contributed by atoms with Crippen molar-refractivity contribution in [1.29, 1.82) is 0 Å². The van der Waals surface area contributed by atoms with Gasteiger partial charge in [0.05, 0.1) is 12.5 Å². The van der Waals surface area contributed by atoms with Crippen LogP contribution in [0.2, 0.25) is 0 Å². The van der Waals surface area contributed by atoms with E-state index in [1.54, 1.807) is 0 Å². The number of carbonyl (C=O) groups excluding carboxylic acids is 1. The van der Waals surface area contributed by atoms with Crippen molar-refractivity contribution in [1.82, 2.24) is 29.9 Å². The average molecular weight is 356 g/mol. The van der Waals surface area contributed by atoms with Crippen molar-refractivity contribution in [2.24, 2.45) is 5.92 Å². The van der Waals surface area contributed by atoms with Gasteiger partial charge in [0.15, 0.2) is 5.82 Å². The van der Waals surface area contributed by atoms with Crippen LogP contribution in [0.5, 0.6) is 0 Å². The minimum atomic E-state index is -4.28. The van der Waals surface area contributed by atoms with Crippen molar-refractivity contribution < 1.29 is 18.0 Å². The van der Waals surface area contributed by atoms with Crippen LogP contribution in [0.15, 0.2) is 23.1 Å². The second-order valence-corrected chi connectivity index (χ2v) is 5.72. The van der Waals surface area contributed by atoms with Crippen LogP contribution in [0.1, 0.15) is 18.1 Å². The monoisotopic (exact) mass is 356 g/mol. The highest BCUT2D eigenvalue weighted by atomic mass is 19.4. The summed E-state index contributed by atoms with van der Waals surface area (Å²) in [5.74, 6) is -1.21. The maximum absolute atomic E-state index is 12.9. The van der Waals surface area contributed by atoms with Gasteiger partial charge in [-0.1, -0.05) is 0 Å². The molecule has 1 atom stereocenters. The molecule has 2 aromatic rings. The lowest BCUT2D eigenvalue weighted by atomic mass is 9.99. The molecule has 1 amide bonds. The first kappa shape index (κ1) is 17.1. The van der Waals surface area contributed by atoms with E-state index in [0.29, 0.717) is 5.82 Å². The zero-order chi connectivity index (χ0) is 18.0. The Morgan fingerprint density at radius 2 is 2.16 bits per heavy atom. The van der Waals surface area contributed by atoms with E-state index in [1.165, 1.54) is 22.9 Å². The number of hydrogen-bond donors (Lipinski definition) is 1. The third-order valence-corrected chi connectivity index (χ3v) is 4.01. The molecule has 0 radical (unpaired) electrons. The van der Waals surface area contributed by atoms with E-state index in [9.17, 15) is 22.8 Å². The number of hydrogen-bond acceptors (Lipinski definition) is 5. The molecule has 3 heterocycles. The van der Waals surface area contributed by atoms with Crippen molar-refractivity contribution in [2.75, 3.05) is 0 Å². The molecule has 1 aliphatic rings. The van der Waals surface area contributed by atoms with Gasteiger partial charge in [0.2, 0.25) is 5.91 Å². The van der Waals surface area contributed by atoms with E-state index < -0.39 is 23.6 Å². The fraction of sp³-hybridized carbons (Fsp3) is 0.500. The molecule has 0 fully saturated rings. The van der Waals surface area contributed by atoms with Crippen LogP contribution >= 0.6 is 0 Å². The normalized spacial score (nSPS) is 17.2. The van der Waals surface area contributed by atoms with Crippen LogP contribution in [-0.4, -0.2) is 36.6 Å². The Hall–Kier alpha value is -2.72. The molecule has 0 unspecified atom stereocenters. The number of alkyl halides is 3. The first-order valence-corrected chi connectivity index (χ1v) is 7.61. The number of aromatic nitrogens is 5. The topological polar surface area (TPSA) is 94.7 Å². The van der Waals surface area contributed by atoms with Gasteiger partial charge in [0.25, 0.3) is 5.56 Å². The van der Waals surface area contributed by atoms with Gasteiger partial charge in [0.1, 0.15) is 12.4 Å². The second-order valence-electron chi connectivity index (χ2n) is 5.72. The molecule has 1 N–H and O–H groups in total. The molecule has 1 aliphatic heterocycles. The molecule has 0 aromatic carbocycles. The maximum Gasteiger partial charge on any atom is 0.393 e. The van der Waals surface area contributed by atoms with Gasteiger partial charge in [-0.3, -0.25) is 9.59 Å². The number of aryl methyl sites for hydroxylation is 1. The number of rotatable bonds is 4. The number of nitrogens with zero attached hydrogens (tertiary/aromatic N) is 5. The first-order valence-electron chi connectivity index (χ1n) is 7.61. The maximum atomic E-state index is 12.9. The van der Waals surface area contributed by atoms with Crippen LogP contribution < -0.4 is 10.9 Å². The number of carbonyl (C=O) groups is 1. The number of amides is 1. The smallest absolute Gasteiger partial charge is 0.347 e. The molecule has 2 aromatic heterocycles. The van der Waals surface area contributed by atoms with Gasteiger partial charge in [-0.2, -0.15) is 18.3 Å². The lowest BCUT2D eigenvalue weighted by molar-refractivity contribution is -0.182. The Bertz CT molecular complexity index is 828. The molecule has 11 heteroatoms. The van der Waals surface area contributed by atoms with Crippen molar-refractivity contribution in [3.05, 3.63) is 40.3 Å². The van der Waals surface area contributed by atoms with Crippen molar-refractivity contribution in [3.8, 4) is 0 Å². The van der Waals surface area contributed by atoms with Crippen molar-refractivity contribution >= 4 is 5.91 Å². The molecule has 8 nitrogen and oxygen atoms in total. The summed E-state index contributed by atoms with van der Waals surface area (Å²) in [6.45, 7) is -0.611. The summed E-state index contributed by atoms with van der Waals surface area (Å²) >= 11 is 0. The van der Waals surface area contributed by atoms with Crippen molar-refractivity contribution in [2.45, 2.75) is 38.7 Å². The minimum Gasteiger partial charge on any atom is -0.347 e. The molecule has 25 heavy (non-hydrogen) atoms. The molecule has 0 saturated carbocycles. The van der Waals surface area contributed by atoms with Gasteiger partial charge in [0, 0.05) is 25.2 Å². The Morgan fingerprint density at radius 1 is 1.36 bits per heavy atom. The fourth-order valence-electron chi connectivity index (χ4n) is 2.66. The first-order chi connectivity index (χ1) is 11.8. The van der Waals surface area contributed by atoms with E-state index in [1.807, 2.05) is 0 Å². The van der Waals surface area contributed by atoms with Crippen LogP contribution in [0.4, 0.5) is 13.2 Å². The zero-order valence-corrected chi connectivity index (χ0v) is 13.0. The van der Waals surface area contributed by atoms with Crippen LogP contribution in [-0.2, 0) is 30.8 Å². The molecule has 0 aliphatic carbocycles. The number of fused-ring (bicyclic) bond motifs is 1. The summed E-state index contributed by atoms with van der Waals surface area (Å²) < 4.78 is 41.1. The largest absolute Gasteiger partial charge is 0.393 e. The molecule has 0 saturated heterocycles. The van der Waals surface area contributed by atoms with E-state index in [0.717, 1.165) is 4.68 Å². The van der Waals surface area contributed by atoms with E-state index in [2.05, 4.69) is 20.6 Å². The summed E-state index contributed by atoms with van der Waals surface area (Å²) in [6, 6.07) is 2.72. The Morgan fingerprint density at radius 3 is 2.88 bits per heavy atom. The predicted molar refractivity (Wildman–Crippen MR) is 78.2 cm³/mol. The third-order valence-electron chi connectivity index (χ3n) is 4.01. The highest BCUT2D eigenvalue weighted by Gasteiger charge is 2.42. The summed E-state index contributed by atoms with van der Waals surface area (Å²) in [5.41, 5.74) is -0.425. The summed E-state index contributed by atoms with van der Waals surface area (Å²) in [6.07, 6.45) is -2.73. The highest BCUT2D eigenvalue weighted by Crippen LogP contribution is 2.34. The molecule has 134 valence electrons. The molecule has 3 rings (SSSR count). The van der Waals surface area contributed by atoms with E-state index in [4.69, 9.17) is 0 Å². The third kappa shape index (κ3) is 3.86. The average Bonchev–Trinajstić information content (AvgIpc) is 2.96. The van der Waals surface area contributed by atoms with Gasteiger partial charge in [-0.05, 0) is 12.5 Å². The summed E-state index contributed by atoms with van der Waals surface area (Å²) in [7, 11) is 0. The number of nitrogens with one attached hydrogen (secondary N) is 1. The SMILES string of the molecule is O=C(Cn1ncccc1=O)NCc1nnc2n1C[C@@H](C(F)(F)F)CC2. The van der Waals surface area contributed by atoms with E-state index in [-0.39, 0.29) is 38.3 Å². The van der Waals surface area contributed by atoms with Gasteiger partial charge in [-0.15, -0.1) is 10.2 Å². The second kappa shape index (κ2) is 6.65. The predicted octanol–water partition coefficient (Wildman–Crippen LogP) is 0.276. The molecule has 0 bridgehead atoms. The zero-order valence-electron chi connectivity index (χ0n) is 13.0. The number of halogens is 3. The Labute approximate surface area is 139 Å². The Balaban J connectivity index is 1.63. The van der Waals surface area contributed by atoms with E-state index >= 15 is 0 Å². The van der Waals surface area contributed by atoms with Crippen molar-refractivity contribution in [3.63, 3.8) is 0 Å². The van der Waals surface area contributed by atoms with Gasteiger partial charge in [-0.25, -0.2) is 4.68 Å². The molecular weight excluding hydrogens is 341 g/mol. The molecule has 0 spiro atoms. The fourth-order valence-corrected chi connectivity index (χ4v) is 2.66. The summed E-state index contributed by atoms with van der Waals surface area (Å²) in [5, 5.41) is 14.0. The van der Waals surface area contributed by atoms with Gasteiger partial charge >= 0.3 is 6.18 Å². The summed E-state index contributed by atoms with van der Waals surface area (Å²) in [4.78, 5) is 23.4.